The van der Waals surface area contributed by atoms with E-state index in [4.69, 9.17) is 18.9 Å². The Balaban J connectivity index is 1.77. The van der Waals surface area contributed by atoms with Crippen molar-refractivity contribution in [2.24, 2.45) is 5.92 Å². The summed E-state index contributed by atoms with van der Waals surface area (Å²) in [7, 11) is 0. The van der Waals surface area contributed by atoms with E-state index in [9.17, 15) is 9.59 Å². The number of benzene rings is 1. The molecule has 106 valence electrons. The van der Waals surface area contributed by atoms with Gasteiger partial charge in [0, 0.05) is 13.8 Å². The summed E-state index contributed by atoms with van der Waals surface area (Å²) in [6, 6.07) is 5.29. The zero-order valence-electron chi connectivity index (χ0n) is 11.2. The first kappa shape index (κ1) is 12.8. The van der Waals surface area contributed by atoms with Gasteiger partial charge in [-0.05, 0) is 24.1 Å². The first-order valence-electron chi connectivity index (χ1n) is 6.29. The van der Waals surface area contributed by atoms with Crippen LogP contribution in [0.1, 0.15) is 19.4 Å². The minimum absolute atomic E-state index is 0.181. The van der Waals surface area contributed by atoms with Crippen molar-refractivity contribution in [1.82, 2.24) is 0 Å². The number of hydrogen-bond donors (Lipinski definition) is 0. The average molecular weight is 278 g/mol. The molecule has 1 aromatic rings. The minimum atomic E-state index is -1.19. The lowest BCUT2D eigenvalue weighted by molar-refractivity contribution is -0.239. The molecule has 0 spiro atoms. The molecule has 3 rings (SSSR count). The summed E-state index contributed by atoms with van der Waals surface area (Å²) in [4.78, 5) is 23.8. The minimum Gasteiger partial charge on any atom is -0.454 e. The second-order valence-electron chi connectivity index (χ2n) is 5.19. The molecule has 0 amide bonds. The highest BCUT2D eigenvalue weighted by Crippen LogP contribution is 2.34. The standard InChI is InChI=1S/C14H14O6/c1-14(2)19-12(15)9(13(16)20-14)5-8-3-4-10-11(6-8)18-7-17-10/h3-4,6,9H,5,7H2,1-2H3. The molecule has 1 aromatic carbocycles. The molecule has 0 aliphatic carbocycles. The number of esters is 2. The Kier molecular flexibility index (Phi) is 2.81. The van der Waals surface area contributed by atoms with Crippen LogP contribution < -0.4 is 9.47 Å². The first-order valence-corrected chi connectivity index (χ1v) is 6.29. The van der Waals surface area contributed by atoms with Crippen LogP contribution in [0.3, 0.4) is 0 Å². The Morgan fingerprint density at radius 3 is 2.45 bits per heavy atom. The van der Waals surface area contributed by atoms with E-state index in [2.05, 4.69) is 0 Å². The Morgan fingerprint density at radius 1 is 1.10 bits per heavy atom. The van der Waals surface area contributed by atoms with Gasteiger partial charge in [0.2, 0.25) is 6.79 Å². The van der Waals surface area contributed by atoms with E-state index in [0.717, 1.165) is 5.56 Å². The Morgan fingerprint density at radius 2 is 1.75 bits per heavy atom. The van der Waals surface area contributed by atoms with E-state index >= 15 is 0 Å². The number of ether oxygens (including phenoxy) is 4. The summed E-state index contributed by atoms with van der Waals surface area (Å²) in [5, 5.41) is 0. The molecule has 0 bridgehead atoms. The lowest BCUT2D eigenvalue weighted by Gasteiger charge is -2.32. The molecule has 0 radical (unpaired) electrons. The molecule has 0 N–H and O–H groups in total. The van der Waals surface area contributed by atoms with Crippen molar-refractivity contribution in [3.8, 4) is 11.5 Å². The molecule has 6 nitrogen and oxygen atoms in total. The largest absolute Gasteiger partial charge is 0.454 e. The number of rotatable bonds is 2. The third-order valence-electron chi connectivity index (χ3n) is 3.14. The first-order chi connectivity index (χ1) is 9.44. The second-order valence-corrected chi connectivity index (χ2v) is 5.19. The quantitative estimate of drug-likeness (QED) is 0.601. The van der Waals surface area contributed by atoms with Crippen LogP contribution in [-0.4, -0.2) is 24.5 Å². The zero-order chi connectivity index (χ0) is 14.3. The van der Waals surface area contributed by atoms with Gasteiger partial charge in [0.25, 0.3) is 5.79 Å². The van der Waals surface area contributed by atoms with E-state index in [1.165, 1.54) is 13.8 Å². The van der Waals surface area contributed by atoms with Gasteiger partial charge in [0.1, 0.15) is 0 Å². The fourth-order valence-electron chi connectivity index (χ4n) is 2.21. The maximum absolute atomic E-state index is 11.9. The summed E-state index contributed by atoms with van der Waals surface area (Å²) >= 11 is 0. The molecule has 1 fully saturated rings. The lowest BCUT2D eigenvalue weighted by atomic mass is 9.98. The predicted molar refractivity (Wildman–Crippen MR) is 66.0 cm³/mol. The lowest BCUT2D eigenvalue weighted by Crippen LogP contribution is -2.46. The summed E-state index contributed by atoms with van der Waals surface area (Å²) in [6.07, 6.45) is 0.213. The molecule has 6 heteroatoms. The molecule has 2 aliphatic heterocycles. The number of fused-ring (bicyclic) bond motifs is 1. The highest BCUT2D eigenvalue weighted by molar-refractivity contribution is 5.97. The van der Waals surface area contributed by atoms with Crippen molar-refractivity contribution in [2.75, 3.05) is 6.79 Å². The monoisotopic (exact) mass is 278 g/mol. The van der Waals surface area contributed by atoms with Crippen LogP contribution in [0.15, 0.2) is 18.2 Å². The van der Waals surface area contributed by atoms with Gasteiger partial charge < -0.3 is 18.9 Å². The summed E-state index contributed by atoms with van der Waals surface area (Å²) < 4.78 is 20.6. The highest BCUT2D eigenvalue weighted by atomic mass is 16.7. The molecular weight excluding hydrogens is 264 g/mol. The van der Waals surface area contributed by atoms with Gasteiger partial charge >= 0.3 is 11.9 Å². The van der Waals surface area contributed by atoms with Gasteiger partial charge in [0.15, 0.2) is 17.4 Å². The van der Waals surface area contributed by atoms with E-state index in [1.807, 2.05) is 0 Å². The Hall–Kier alpha value is -2.24. The number of carbonyl (C=O) groups is 2. The van der Waals surface area contributed by atoms with Crippen LogP contribution in [0, 0.1) is 5.92 Å². The number of hydrogen-bond acceptors (Lipinski definition) is 6. The van der Waals surface area contributed by atoms with E-state index in [-0.39, 0.29) is 13.2 Å². The van der Waals surface area contributed by atoms with Crippen LogP contribution in [0.5, 0.6) is 11.5 Å². The van der Waals surface area contributed by atoms with E-state index in [1.54, 1.807) is 18.2 Å². The SMILES string of the molecule is CC1(C)OC(=O)C(Cc2ccc3c(c2)OCO3)C(=O)O1. The molecule has 1 saturated heterocycles. The van der Waals surface area contributed by atoms with Gasteiger partial charge in [-0.3, -0.25) is 9.59 Å². The van der Waals surface area contributed by atoms with E-state index < -0.39 is 23.6 Å². The highest BCUT2D eigenvalue weighted by Gasteiger charge is 2.43. The van der Waals surface area contributed by atoms with Crippen LogP contribution in [0.2, 0.25) is 0 Å². The van der Waals surface area contributed by atoms with Gasteiger partial charge in [0.05, 0.1) is 0 Å². The third kappa shape index (κ3) is 2.29. The van der Waals surface area contributed by atoms with Crippen LogP contribution in [-0.2, 0) is 25.5 Å². The molecule has 2 aliphatic rings. The van der Waals surface area contributed by atoms with Crippen molar-refractivity contribution in [2.45, 2.75) is 26.1 Å². The number of carbonyl (C=O) groups excluding carboxylic acids is 2. The van der Waals surface area contributed by atoms with Crippen LogP contribution in [0.4, 0.5) is 0 Å². The van der Waals surface area contributed by atoms with Gasteiger partial charge in [-0.1, -0.05) is 6.07 Å². The van der Waals surface area contributed by atoms with Crippen molar-refractivity contribution in [3.05, 3.63) is 23.8 Å². The Bertz CT molecular complexity index is 557. The van der Waals surface area contributed by atoms with Gasteiger partial charge in [-0.15, -0.1) is 0 Å². The Labute approximate surface area is 115 Å². The number of cyclic esters (lactones) is 2. The molecule has 0 saturated carbocycles. The molecular formula is C14H14O6. The zero-order valence-corrected chi connectivity index (χ0v) is 11.2. The van der Waals surface area contributed by atoms with Crippen LogP contribution in [0.25, 0.3) is 0 Å². The average Bonchev–Trinajstić information content (AvgIpc) is 2.80. The maximum Gasteiger partial charge on any atom is 0.323 e. The molecule has 20 heavy (non-hydrogen) atoms. The van der Waals surface area contributed by atoms with Crippen molar-refractivity contribution in [1.29, 1.82) is 0 Å². The molecule has 0 atom stereocenters. The van der Waals surface area contributed by atoms with Crippen molar-refractivity contribution in [3.63, 3.8) is 0 Å². The van der Waals surface area contributed by atoms with Crippen LogP contribution >= 0.6 is 0 Å². The summed E-state index contributed by atoms with van der Waals surface area (Å²) in [6.45, 7) is 3.24. The fourth-order valence-corrected chi connectivity index (χ4v) is 2.21. The molecule has 0 unspecified atom stereocenters. The molecule has 0 aromatic heterocycles. The topological polar surface area (TPSA) is 71.1 Å². The summed E-state index contributed by atoms with van der Waals surface area (Å²) in [5.74, 6) is -2.00. The van der Waals surface area contributed by atoms with Crippen molar-refractivity contribution < 1.29 is 28.5 Å². The summed E-state index contributed by atoms with van der Waals surface area (Å²) in [5.41, 5.74) is 0.785. The molecule has 2 heterocycles. The smallest absolute Gasteiger partial charge is 0.323 e. The van der Waals surface area contributed by atoms with Crippen molar-refractivity contribution >= 4 is 11.9 Å². The van der Waals surface area contributed by atoms with Gasteiger partial charge in [-0.25, -0.2) is 0 Å². The third-order valence-corrected chi connectivity index (χ3v) is 3.14. The fraction of sp³-hybridized carbons (Fsp3) is 0.429. The second kappa shape index (κ2) is 4.40. The normalized spacial score (nSPS) is 20.5. The van der Waals surface area contributed by atoms with E-state index in [0.29, 0.717) is 11.5 Å². The predicted octanol–water partition coefficient (Wildman–Crippen LogP) is 1.41. The maximum atomic E-state index is 11.9. The van der Waals surface area contributed by atoms with Gasteiger partial charge in [-0.2, -0.15) is 0 Å².